The highest BCUT2D eigenvalue weighted by Gasteiger charge is 2.52. The van der Waals surface area contributed by atoms with Crippen LogP contribution in [0, 0.1) is 11.8 Å². The summed E-state index contributed by atoms with van der Waals surface area (Å²) in [7, 11) is 1.65. The lowest BCUT2D eigenvalue weighted by atomic mass is 9.77. The summed E-state index contributed by atoms with van der Waals surface area (Å²) in [5.41, 5.74) is 1.70. The van der Waals surface area contributed by atoms with E-state index in [1.165, 1.54) is 0 Å². The number of nitrogens with one attached hydrogen (secondary N) is 2. The molecule has 25 heavy (non-hydrogen) atoms. The van der Waals surface area contributed by atoms with E-state index in [9.17, 15) is 14.4 Å². The van der Waals surface area contributed by atoms with E-state index in [0.29, 0.717) is 25.2 Å². The largest absolute Gasteiger partial charge is 0.344 e. The van der Waals surface area contributed by atoms with E-state index in [2.05, 4.69) is 17.7 Å². The van der Waals surface area contributed by atoms with Crippen molar-refractivity contribution in [2.75, 3.05) is 20.2 Å². The Morgan fingerprint density at radius 1 is 1.24 bits per heavy atom. The average molecular weight is 352 g/mol. The van der Waals surface area contributed by atoms with E-state index in [1.807, 2.05) is 5.06 Å². The Morgan fingerprint density at radius 2 is 1.88 bits per heavy atom. The van der Waals surface area contributed by atoms with Crippen molar-refractivity contribution in [1.82, 2.24) is 20.8 Å². The van der Waals surface area contributed by atoms with Gasteiger partial charge in [-0.15, -0.1) is 0 Å². The Kier molecular flexibility index (Phi) is 5.29. The first-order valence-corrected chi connectivity index (χ1v) is 9.19. The predicted molar refractivity (Wildman–Crippen MR) is 89.8 cm³/mol. The molecule has 8 nitrogen and oxygen atoms in total. The van der Waals surface area contributed by atoms with Crippen LogP contribution in [0.5, 0.6) is 0 Å². The number of rotatable bonds is 4. The van der Waals surface area contributed by atoms with E-state index >= 15 is 0 Å². The number of carbonyl (C=O) groups is 3. The van der Waals surface area contributed by atoms with Gasteiger partial charge in [0.1, 0.15) is 5.54 Å². The summed E-state index contributed by atoms with van der Waals surface area (Å²) in [5.74, 6) is 0.223. The Bertz CT molecular complexity index is 537. The second-order valence-electron chi connectivity index (χ2n) is 7.63. The molecule has 3 fully saturated rings. The van der Waals surface area contributed by atoms with Gasteiger partial charge < -0.3 is 10.2 Å². The lowest BCUT2D eigenvalue weighted by Gasteiger charge is -2.33. The van der Waals surface area contributed by atoms with Crippen LogP contribution in [0.15, 0.2) is 0 Å². The van der Waals surface area contributed by atoms with E-state index in [0.717, 1.165) is 43.8 Å². The van der Waals surface area contributed by atoms with E-state index in [1.54, 1.807) is 7.11 Å². The molecule has 0 aromatic carbocycles. The van der Waals surface area contributed by atoms with Crippen LogP contribution < -0.4 is 10.7 Å². The Morgan fingerprint density at radius 3 is 2.48 bits per heavy atom. The fraction of sp³-hybridized carbons (Fsp3) is 0.824. The normalized spacial score (nSPS) is 31.4. The SMILES string of the molecule is CON1CCC(CC(=O)NN2C(=O)NC3(CCC(C)CC3)C2=O)CC1. The quantitative estimate of drug-likeness (QED) is 0.742. The van der Waals surface area contributed by atoms with E-state index in [-0.39, 0.29) is 17.7 Å². The molecule has 0 atom stereocenters. The second-order valence-corrected chi connectivity index (χ2v) is 7.63. The van der Waals surface area contributed by atoms with Crippen molar-refractivity contribution < 1.29 is 19.2 Å². The first-order chi connectivity index (χ1) is 11.9. The van der Waals surface area contributed by atoms with Gasteiger partial charge in [-0.25, -0.2) is 4.79 Å². The zero-order valence-corrected chi connectivity index (χ0v) is 15.0. The summed E-state index contributed by atoms with van der Waals surface area (Å²) in [6.45, 7) is 3.74. The smallest absolute Gasteiger partial charge is 0.322 e. The minimum atomic E-state index is -0.819. The highest BCUT2D eigenvalue weighted by atomic mass is 16.7. The topological polar surface area (TPSA) is 91.0 Å². The van der Waals surface area contributed by atoms with Crippen molar-refractivity contribution in [2.24, 2.45) is 11.8 Å². The van der Waals surface area contributed by atoms with Gasteiger partial charge in [-0.2, -0.15) is 10.1 Å². The third kappa shape index (κ3) is 3.79. The van der Waals surface area contributed by atoms with E-state index in [4.69, 9.17) is 4.84 Å². The van der Waals surface area contributed by atoms with Crippen LogP contribution in [-0.2, 0) is 14.4 Å². The number of imide groups is 1. The molecular formula is C17H28N4O4. The minimum Gasteiger partial charge on any atom is -0.322 e. The number of piperidine rings is 1. The maximum Gasteiger partial charge on any atom is 0.344 e. The predicted octanol–water partition coefficient (Wildman–Crippen LogP) is 1.18. The van der Waals surface area contributed by atoms with Gasteiger partial charge in [0, 0.05) is 19.5 Å². The maximum atomic E-state index is 12.7. The standard InChI is InChI=1S/C17H28N4O4/c1-12-3-7-17(8-4-12)15(23)21(16(24)18-17)19-14(22)11-13-5-9-20(25-2)10-6-13/h12-13H,3-11H2,1-2H3,(H,18,24)(H,19,22). The third-order valence-corrected chi connectivity index (χ3v) is 5.83. The van der Waals surface area contributed by atoms with Gasteiger partial charge in [-0.05, 0) is 50.4 Å². The number of amides is 4. The molecule has 1 spiro atoms. The molecule has 140 valence electrons. The molecule has 2 heterocycles. The Labute approximate surface area is 148 Å². The number of urea groups is 1. The lowest BCUT2D eigenvalue weighted by molar-refractivity contribution is -0.151. The summed E-state index contributed by atoms with van der Waals surface area (Å²) < 4.78 is 0. The van der Waals surface area contributed by atoms with Crippen LogP contribution >= 0.6 is 0 Å². The molecule has 2 N–H and O–H groups in total. The number of hydrogen-bond donors (Lipinski definition) is 2. The van der Waals surface area contributed by atoms with Crippen molar-refractivity contribution in [3.63, 3.8) is 0 Å². The Balaban J connectivity index is 1.53. The van der Waals surface area contributed by atoms with Crippen molar-refractivity contribution in [2.45, 2.75) is 57.4 Å². The first kappa shape index (κ1) is 18.1. The molecule has 0 aromatic heterocycles. The number of hydrazine groups is 1. The molecule has 4 amide bonds. The van der Waals surface area contributed by atoms with Crippen molar-refractivity contribution in [3.8, 4) is 0 Å². The monoisotopic (exact) mass is 352 g/mol. The van der Waals surface area contributed by atoms with Crippen LogP contribution in [0.3, 0.4) is 0 Å². The van der Waals surface area contributed by atoms with Crippen LogP contribution in [0.4, 0.5) is 4.79 Å². The summed E-state index contributed by atoms with van der Waals surface area (Å²) >= 11 is 0. The average Bonchev–Trinajstić information content (AvgIpc) is 2.83. The molecule has 3 aliphatic rings. The zero-order chi connectivity index (χ0) is 18.0. The highest BCUT2D eigenvalue weighted by Crippen LogP contribution is 2.35. The molecule has 0 unspecified atom stereocenters. The van der Waals surface area contributed by atoms with Crippen LogP contribution in [0.1, 0.15) is 51.9 Å². The van der Waals surface area contributed by atoms with Gasteiger partial charge in [-0.1, -0.05) is 6.92 Å². The van der Waals surface area contributed by atoms with Crippen molar-refractivity contribution >= 4 is 17.8 Å². The molecule has 0 bridgehead atoms. The molecule has 1 saturated carbocycles. The van der Waals surface area contributed by atoms with Gasteiger partial charge in [0.15, 0.2) is 0 Å². The Hall–Kier alpha value is -1.67. The number of hydroxylamine groups is 2. The van der Waals surface area contributed by atoms with Gasteiger partial charge in [-0.3, -0.25) is 15.0 Å². The third-order valence-electron chi connectivity index (χ3n) is 5.83. The van der Waals surface area contributed by atoms with Crippen LogP contribution in [0.25, 0.3) is 0 Å². The highest BCUT2D eigenvalue weighted by molar-refractivity contribution is 6.08. The molecular weight excluding hydrogens is 324 g/mol. The van der Waals surface area contributed by atoms with Gasteiger partial charge in [0.2, 0.25) is 5.91 Å². The fourth-order valence-corrected chi connectivity index (χ4v) is 4.04. The van der Waals surface area contributed by atoms with Gasteiger partial charge in [0.25, 0.3) is 5.91 Å². The molecule has 3 rings (SSSR count). The number of carbonyl (C=O) groups excluding carboxylic acids is 3. The minimum absolute atomic E-state index is 0.247. The molecule has 0 radical (unpaired) electrons. The zero-order valence-electron chi connectivity index (χ0n) is 15.0. The molecule has 0 aromatic rings. The summed E-state index contributed by atoms with van der Waals surface area (Å²) in [5, 5.41) is 5.58. The number of hydrogen-bond acceptors (Lipinski definition) is 5. The molecule has 8 heteroatoms. The first-order valence-electron chi connectivity index (χ1n) is 9.19. The second kappa shape index (κ2) is 7.29. The summed E-state index contributed by atoms with van der Waals surface area (Å²) in [6.07, 6.45) is 5.14. The van der Waals surface area contributed by atoms with Crippen LogP contribution in [0.2, 0.25) is 0 Å². The molecule has 1 aliphatic carbocycles. The molecule has 2 saturated heterocycles. The van der Waals surface area contributed by atoms with Crippen molar-refractivity contribution in [3.05, 3.63) is 0 Å². The molecule has 2 aliphatic heterocycles. The van der Waals surface area contributed by atoms with E-state index < -0.39 is 11.6 Å². The summed E-state index contributed by atoms with van der Waals surface area (Å²) in [6, 6.07) is -0.512. The summed E-state index contributed by atoms with van der Waals surface area (Å²) in [4.78, 5) is 42.4. The van der Waals surface area contributed by atoms with Crippen LogP contribution in [-0.4, -0.2) is 53.7 Å². The van der Waals surface area contributed by atoms with Gasteiger partial charge >= 0.3 is 6.03 Å². The van der Waals surface area contributed by atoms with Crippen molar-refractivity contribution in [1.29, 1.82) is 0 Å². The fourth-order valence-electron chi connectivity index (χ4n) is 4.04. The van der Waals surface area contributed by atoms with Gasteiger partial charge in [0.05, 0.1) is 7.11 Å². The maximum absolute atomic E-state index is 12.7. The lowest BCUT2D eigenvalue weighted by Crippen LogP contribution is -2.51. The number of nitrogens with zero attached hydrogens (tertiary/aromatic N) is 2.